The Morgan fingerprint density at radius 1 is 1.18 bits per heavy atom. The molecule has 3 fully saturated rings. The van der Waals surface area contributed by atoms with Crippen LogP contribution in [0.3, 0.4) is 0 Å². The second-order valence-electron chi connectivity index (χ2n) is 13.9. The Bertz CT molecular complexity index is 1220. The number of hydrogen-bond acceptors (Lipinski definition) is 6. The van der Waals surface area contributed by atoms with Crippen LogP contribution in [-0.4, -0.2) is 52.5 Å². The van der Waals surface area contributed by atoms with Crippen LogP contribution in [-0.2, 0) is 19.0 Å². The molecule has 10 atom stereocenters. The fraction of sp³-hybridized carbons (Fsp3) is 0.667. The second-order valence-corrected chi connectivity index (χ2v) is 13.9. The number of benzene rings is 1. The molecular formula is C33H44O6. The van der Waals surface area contributed by atoms with E-state index >= 15 is 0 Å². The molecule has 0 aromatic heterocycles. The fourth-order valence-corrected chi connectivity index (χ4v) is 9.03. The zero-order valence-electron chi connectivity index (χ0n) is 24.3. The summed E-state index contributed by atoms with van der Waals surface area (Å²) in [7, 11) is 0. The Balaban J connectivity index is 1.48. The van der Waals surface area contributed by atoms with Gasteiger partial charge in [-0.15, -0.1) is 0 Å². The van der Waals surface area contributed by atoms with E-state index in [1.54, 1.807) is 0 Å². The van der Waals surface area contributed by atoms with Crippen molar-refractivity contribution in [2.75, 3.05) is 6.61 Å². The lowest BCUT2D eigenvalue weighted by Crippen LogP contribution is -2.69. The predicted octanol–water partition coefficient (Wildman–Crippen LogP) is 5.15. The van der Waals surface area contributed by atoms with Gasteiger partial charge in [0.15, 0.2) is 11.9 Å². The second kappa shape index (κ2) is 8.75. The molecular weight excluding hydrogens is 492 g/mol. The maximum absolute atomic E-state index is 13.8. The number of aliphatic hydroxyl groups is 2. The van der Waals surface area contributed by atoms with E-state index in [4.69, 9.17) is 14.2 Å². The molecule has 1 aromatic rings. The van der Waals surface area contributed by atoms with Gasteiger partial charge in [0.1, 0.15) is 11.7 Å². The normalized spacial score (nSPS) is 43.9. The van der Waals surface area contributed by atoms with Gasteiger partial charge in [0.25, 0.3) is 0 Å². The van der Waals surface area contributed by atoms with Crippen molar-refractivity contribution >= 4 is 5.97 Å². The Morgan fingerprint density at radius 3 is 2.54 bits per heavy atom. The summed E-state index contributed by atoms with van der Waals surface area (Å²) < 4.78 is 19.0. The van der Waals surface area contributed by atoms with Crippen molar-refractivity contribution in [2.45, 2.75) is 96.9 Å². The minimum Gasteiger partial charge on any atom is -0.454 e. The summed E-state index contributed by atoms with van der Waals surface area (Å²) in [6.45, 7) is 14.6. The van der Waals surface area contributed by atoms with Crippen LogP contribution in [0, 0.1) is 34.5 Å². The summed E-state index contributed by atoms with van der Waals surface area (Å²) >= 11 is 0. The smallest absolute Gasteiger partial charge is 0.314 e. The van der Waals surface area contributed by atoms with Crippen LogP contribution in [0.2, 0.25) is 0 Å². The number of fused-ring (bicyclic) bond motifs is 5. The van der Waals surface area contributed by atoms with Crippen LogP contribution in [0.15, 0.2) is 53.6 Å². The molecule has 1 heterocycles. The molecule has 1 saturated heterocycles. The SMILES string of the molecule is CCC(C(=O)O[C@H]1C(C)=C[C@]23C(O)C(C=C4COC(C)(C)O[C@H]4[C@]12O)[C@H]1[C@@H](C[C@H]3C)C1(C)C)c1ccccc1. The van der Waals surface area contributed by atoms with Crippen LogP contribution in [0.4, 0.5) is 0 Å². The maximum atomic E-state index is 13.8. The molecule has 5 aliphatic rings. The van der Waals surface area contributed by atoms with Crippen LogP contribution >= 0.6 is 0 Å². The van der Waals surface area contributed by atoms with Crippen LogP contribution in [0.1, 0.15) is 72.8 Å². The lowest BCUT2D eigenvalue weighted by Gasteiger charge is -2.55. The van der Waals surface area contributed by atoms with Gasteiger partial charge in [-0.2, -0.15) is 0 Å². The van der Waals surface area contributed by atoms with E-state index in [9.17, 15) is 15.0 Å². The molecule has 2 saturated carbocycles. The number of ether oxygens (including phenoxy) is 3. The molecule has 0 radical (unpaired) electrons. The van der Waals surface area contributed by atoms with Crippen LogP contribution in [0.5, 0.6) is 0 Å². The van der Waals surface area contributed by atoms with E-state index in [0.29, 0.717) is 24.9 Å². The summed E-state index contributed by atoms with van der Waals surface area (Å²) in [5, 5.41) is 25.6. The van der Waals surface area contributed by atoms with Gasteiger partial charge in [0.05, 0.1) is 24.0 Å². The van der Waals surface area contributed by atoms with Crippen LogP contribution in [0.25, 0.3) is 0 Å². The molecule has 6 nitrogen and oxygen atoms in total. The van der Waals surface area contributed by atoms with Gasteiger partial charge in [-0.05, 0) is 73.5 Å². The molecule has 0 amide bonds. The standard InChI is InChI=1S/C33H44O6/c1-8-22(20-12-10-9-11-13-20)29(35)38-27-18(2)16-32-19(3)14-24-25(30(24,4)5)23(26(32)34)15-21-17-37-31(6,7)39-28(21)33(27,32)36/h9-13,15-16,19,22-28,34,36H,8,14,17H2,1-7H3/t19-,22?,23?,24-,25+,26?,27+,28-,32+,33-/m1/s1. The van der Waals surface area contributed by atoms with Gasteiger partial charge < -0.3 is 24.4 Å². The number of carbonyl (C=O) groups is 1. The van der Waals surface area contributed by atoms with Gasteiger partial charge >= 0.3 is 5.97 Å². The fourth-order valence-electron chi connectivity index (χ4n) is 9.03. The molecule has 2 N–H and O–H groups in total. The van der Waals surface area contributed by atoms with Gasteiger partial charge in [-0.25, -0.2) is 0 Å². The van der Waals surface area contributed by atoms with Crippen molar-refractivity contribution < 1.29 is 29.2 Å². The maximum Gasteiger partial charge on any atom is 0.314 e. The summed E-state index contributed by atoms with van der Waals surface area (Å²) in [5.41, 5.74) is -0.134. The molecule has 6 heteroatoms. The minimum atomic E-state index is -1.69. The first-order chi connectivity index (χ1) is 18.3. The highest BCUT2D eigenvalue weighted by molar-refractivity contribution is 5.78. The van der Waals surface area contributed by atoms with Crippen LogP contribution < -0.4 is 0 Å². The van der Waals surface area contributed by atoms with Crippen molar-refractivity contribution in [1.82, 2.24) is 0 Å². The average Bonchev–Trinajstić information content (AvgIpc) is 3.37. The molecule has 2 bridgehead atoms. The quantitative estimate of drug-likeness (QED) is 0.409. The Labute approximate surface area is 232 Å². The highest BCUT2D eigenvalue weighted by atomic mass is 16.7. The van der Waals surface area contributed by atoms with Gasteiger partial charge in [0, 0.05) is 5.92 Å². The molecule has 212 valence electrons. The lowest BCUT2D eigenvalue weighted by molar-refractivity contribution is -0.313. The largest absolute Gasteiger partial charge is 0.454 e. The average molecular weight is 537 g/mol. The molecule has 1 spiro atoms. The number of carbonyl (C=O) groups excluding carboxylic acids is 1. The Morgan fingerprint density at radius 2 is 1.87 bits per heavy atom. The zero-order chi connectivity index (χ0) is 28.1. The number of hydrogen-bond donors (Lipinski definition) is 2. The molecule has 1 aliphatic heterocycles. The van der Waals surface area contributed by atoms with E-state index in [-0.39, 0.29) is 23.2 Å². The summed E-state index contributed by atoms with van der Waals surface area (Å²) in [6, 6.07) is 9.65. The van der Waals surface area contributed by atoms with Crippen molar-refractivity contribution in [3.63, 3.8) is 0 Å². The molecule has 39 heavy (non-hydrogen) atoms. The van der Waals surface area contributed by atoms with E-state index in [1.807, 2.05) is 64.1 Å². The van der Waals surface area contributed by atoms with E-state index in [2.05, 4.69) is 26.8 Å². The van der Waals surface area contributed by atoms with Crippen molar-refractivity contribution in [1.29, 1.82) is 0 Å². The van der Waals surface area contributed by atoms with Gasteiger partial charge in [-0.3, -0.25) is 4.79 Å². The third-order valence-electron chi connectivity index (χ3n) is 11.1. The molecule has 6 rings (SSSR count). The first-order valence-corrected chi connectivity index (χ1v) is 14.7. The highest BCUT2D eigenvalue weighted by Crippen LogP contribution is 2.73. The first-order valence-electron chi connectivity index (χ1n) is 14.7. The van der Waals surface area contributed by atoms with E-state index < -0.39 is 41.0 Å². The Hall–Kier alpha value is -1.99. The molecule has 1 aromatic carbocycles. The summed E-state index contributed by atoms with van der Waals surface area (Å²) in [4.78, 5) is 13.8. The van der Waals surface area contributed by atoms with Gasteiger partial charge in [-0.1, -0.05) is 70.2 Å². The van der Waals surface area contributed by atoms with E-state index in [0.717, 1.165) is 23.1 Å². The van der Waals surface area contributed by atoms with Crippen molar-refractivity contribution in [3.05, 3.63) is 59.2 Å². The number of aliphatic hydroxyl groups excluding tert-OH is 1. The number of esters is 1. The van der Waals surface area contributed by atoms with E-state index in [1.165, 1.54) is 0 Å². The van der Waals surface area contributed by atoms with Gasteiger partial charge in [0.2, 0.25) is 0 Å². The minimum absolute atomic E-state index is 0.0613. The summed E-state index contributed by atoms with van der Waals surface area (Å²) in [5.74, 6) is -1.23. The van der Waals surface area contributed by atoms with Crippen molar-refractivity contribution in [2.24, 2.45) is 34.5 Å². The molecule has 3 unspecified atom stereocenters. The lowest BCUT2D eigenvalue weighted by atomic mass is 9.58. The first kappa shape index (κ1) is 27.2. The zero-order valence-corrected chi connectivity index (χ0v) is 24.3. The summed E-state index contributed by atoms with van der Waals surface area (Å²) in [6.07, 6.45) is 3.04. The monoisotopic (exact) mass is 536 g/mol. The Kier molecular flexibility index (Phi) is 6.10. The molecule has 4 aliphatic carbocycles. The third-order valence-corrected chi connectivity index (χ3v) is 11.1. The van der Waals surface area contributed by atoms with Crippen molar-refractivity contribution in [3.8, 4) is 0 Å². The number of rotatable bonds is 4. The topological polar surface area (TPSA) is 85.2 Å². The highest BCUT2D eigenvalue weighted by Gasteiger charge is 2.77. The predicted molar refractivity (Wildman–Crippen MR) is 148 cm³/mol. The third kappa shape index (κ3) is 3.64.